The summed E-state index contributed by atoms with van der Waals surface area (Å²) in [5.74, 6) is -0.170. The van der Waals surface area contributed by atoms with Gasteiger partial charge in [0.05, 0.1) is 23.1 Å². The number of anilines is 1. The number of carbonyl (C=O) groups excluding carboxylic acids is 2. The number of halogens is 2. The van der Waals surface area contributed by atoms with Crippen molar-refractivity contribution in [1.29, 1.82) is 0 Å². The van der Waals surface area contributed by atoms with Crippen LogP contribution < -0.4 is 5.32 Å². The third kappa shape index (κ3) is 7.07. The Labute approximate surface area is 153 Å². The van der Waals surface area contributed by atoms with Gasteiger partial charge in [-0.3, -0.25) is 14.5 Å². The summed E-state index contributed by atoms with van der Waals surface area (Å²) in [6.45, 7) is 5.84. The summed E-state index contributed by atoms with van der Waals surface area (Å²) >= 11 is 11.8. The Morgan fingerprint density at radius 3 is 2.42 bits per heavy atom. The molecule has 2 amide bonds. The van der Waals surface area contributed by atoms with Crippen LogP contribution in [0.5, 0.6) is 0 Å². The highest BCUT2D eigenvalue weighted by Gasteiger charge is 2.15. The zero-order valence-electron chi connectivity index (χ0n) is 14.4. The summed E-state index contributed by atoms with van der Waals surface area (Å²) < 4.78 is 0. The summed E-state index contributed by atoms with van der Waals surface area (Å²) in [7, 11) is 1.75. The van der Waals surface area contributed by atoms with Gasteiger partial charge in [-0.1, -0.05) is 36.5 Å². The normalized spacial score (nSPS) is 10.8. The van der Waals surface area contributed by atoms with Gasteiger partial charge < -0.3 is 10.2 Å². The molecule has 1 aromatic carbocycles. The Balaban J connectivity index is 2.48. The summed E-state index contributed by atoms with van der Waals surface area (Å²) in [6.07, 6.45) is 2.03. The second kappa shape index (κ2) is 10.5. The Kier molecular flexibility index (Phi) is 9.11. The van der Waals surface area contributed by atoms with Crippen LogP contribution in [-0.2, 0) is 9.59 Å². The molecule has 7 heteroatoms. The zero-order chi connectivity index (χ0) is 18.1. The minimum atomic E-state index is -0.208. The van der Waals surface area contributed by atoms with E-state index in [1.165, 1.54) is 0 Å². The topological polar surface area (TPSA) is 52.7 Å². The maximum Gasteiger partial charge on any atom is 0.238 e. The summed E-state index contributed by atoms with van der Waals surface area (Å²) in [5.41, 5.74) is 0.576. The fourth-order valence-corrected chi connectivity index (χ4v) is 2.51. The predicted octanol–water partition coefficient (Wildman–Crippen LogP) is 3.51. The molecular weight excluding hydrogens is 349 g/mol. The highest BCUT2D eigenvalue weighted by Crippen LogP contribution is 2.24. The number of amides is 2. The van der Waals surface area contributed by atoms with Gasteiger partial charge in [0.1, 0.15) is 0 Å². The molecule has 0 heterocycles. The summed E-state index contributed by atoms with van der Waals surface area (Å²) in [6, 6.07) is 4.90. The van der Waals surface area contributed by atoms with Gasteiger partial charge in [0.2, 0.25) is 11.8 Å². The first-order valence-electron chi connectivity index (χ1n) is 8.08. The SMILES string of the molecule is CCCCN(CC)C(=O)CN(C)CC(=O)Nc1ccc(Cl)c(Cl)c1. The van der Waals surface area contributed by atoms with Crippen LogP contribution in [0.25, 0.3) is 0 Å². The minimum Gasteiger partial charge on any atom is -0.342 e. The van der Waals surface area contributed by atoms with Crippen molar-refractivity contribution < 1.29 is 9.59 Å². The molecule has 0 saturated heterocycles. The monoisotopic (exact) mass is 373 g/mol. The Bertz CT molecular complexity index is 567. The smallest absolute Gasteiger partial charge is 0.238 e. The fourth-order valence-electron chi connectivity index (χ4n) is 2.21. The molecule has 5 nitrogen and oxygen atoms in total. The van der Waals surface area contributed by atoms with Crippen LogP contribution in [0.15, 0.2) is 18.2 Å². The molecule has 0 fully saturated rings. The van der Waals surface area contributed by atoms with Gasteiger partial charge >= 0.3 is 0 Å². The first kappa shape index (κ1) is 20.7. The molecule has 0 aliphatic carbocycles. The van der Waals surface area contributed by atoms with Crippen LogP contribution in [0.4, 0.5) is 5.69 Å². The molecule has 0 bridgehead atoms. The van der Waals surface area contributed by atoms with Gasteiger partial charge in [-0.2, -0.15) is 0 Å². The van der Waals surface area contributed by atoms with E-state index in [4.69, 9.17) is 23.2 Å². The number of rotatable bonds is 9. The Hall–Kier alpha value is -1.30. The first-order chi connectivity index (χ1) is 11.4. The van der Waals surface area contributed by atoms with Crippen molar-refractivity contribution in [2.24, 2.45) is 0 Å². The van der Waals surface area contributed by atoms with Crippen molar-refractivity contribution in [3.63, 3.8) is 0 Å². The largest absolute Gasteiger partial charge is 0.342 e. The molecule has 0 saturated carbocycles. The lowest BCUT2D eigenvalue weighted by Crippen LogP contribution is -2.41. The van der Waals surface area contributed by atoms with E-state index in [0.717, 1.165) is 19.4 Å². The lowest BCUT2D eigenvalue weighted by molar-refractivity contribution is -0.132. The standard InChI is InChI=1S/C17H25Cl2N3O2/c1-4-6-9-22(5-2)17(24)12-21(3)11-16(23)20-13-7-8-14(18)15(19)10-13/h7-8,10H,4-6,9,11-12H2,1-3H3,(H,20,23). The van der Waals surface area contributed by atoms with Crippen molar-refractivity contribution in [2.45, 2.75) is 26.7 Å². The maximum absolute atomic E-state index is 12.2. The number of carbonyl (C=O) groups is 2. The van der Waals surface area contributed by atoms with Crippen molar-refractivity contribution in [3.8, 4) is 0 Å². The summed E-state index contributed by atoms with van der Waals surface area (Å²) in [4.78, 5) is 27.8. The lowest BCUT2D eigenvalue weighted by Gasteiger charge is -2.24. The van der Waals surface area contributed by atoms with Gasteiger partial charge in [0.15, 0.2) is 0 Å². The number of hydrogen-bond donors (Lipinski definition) is 1. The van der Waals surface area contributed by atoms with E-state index in [1.54, 1.807) is 30.1 Å². The van der Waals surface area contributed by atoms with Gasteiger partial charge in [-0.05, 0) is 38.6 Å². The summed E-state index contributed by atoms with van der Waals surface area (Å²) in [5, 5.41) is 3.56. The third-order valence-corrected chi connectivity index (χ3v) is 4.28. The van der Waals surface area contributed by atoms with Gasteiger partial charge in [0, 0.05) is 18.8 Å². The second-order valence-corrected chi connectivity index (χ2v) is 6.49. The molecule has 0 radical (unpaired) electrons. The number of benzene rings is 1. The number of nitrogens with one attached hydrogen (secondary N) is 1. The van der Waals surface area contributed by atoms with Gasteiger partial charge in [-0.25, -0.2) is 0 Å². The van der Waals surface area contributed by atoms with Crippen molar-refractivity contribution in [2.75, 3.05) is 38.5 Å². The quantitative estimate of drug-likeness (QED) is 0.720. The molecule has 0 atom stereocenters. The molecular formula is C17H25Cl2N3O2. The minimum absolute atomic E-state index is 0.0378. The van der Waals surface area contributed by atoms with Gasteiger partial charge in [0.25, 0.3) is 0 Å². The number of likely N-dealkylation sites (N-methyl/N-ethyl adjacent to an activating group) is 2. The highest BCUT2D eigenvalue weighted by atomic mass is 35.5. The molecule has 24 heavy (non-hydrogen) atoms. The number of unbranched alkanes of at least 4 members (excludes halogenated alkanes) is 1. The average molecular weight is 374 g/mol. The van der Waals surface area contributed by atoms with Crippen LogP contribution in [0.1, 0.15) is 26.7 Å². The highest BCUT2D eigenvalue weighted by molar-refractivity contribution is 6.42. The molecule has 0 aliphatic rings. The van der Waals surface area contributed by atoms with Crippen molar-refractivity contribution in [1.82, 2.24) is 9.80 Å². The average Bonchev–Trinajstić information content (AvgIpc) is 2.51. The van der Waals surface area contributed by atoms with Crippen LogP contribution >= 0.6 is 23.2 Å². The van der Waals surface area contributed by atoms with E-state index in [2.05, 4.69) is 12.2 Å². The van der Waals surface area contributed by atoms with Crippen LogP contribution in [-0.4, -0.2) is 54.8 Å². The zero-order valence-corrected chi connectivity index (χ0v) is 16.0. The first-order valence-corrected chi connectivity index (χ1v) is 8.84. The molecule has 0 aliphatic heterocycles. The third-order valence-electron chi connectivity index (χ3n) is 3.54. The van der Waals surface area contributed by atoms with E-state index in [-0.39, 0.29) is 24.9 Å². The molecule has 1 N–H and O–H groups in total. The van der Waals surface area contributed by atoms with Crippen LogP contribution in [0.3, 0.4) is 0 Å². The van der Waals surface area contributed by atoms with E-state index in [0.29, 0.717) is 22.3 Å². The fraction of sp³-hybridized carbons (Fsp3) is 0.529. The van der Waals surface area contributed by atoms with E-state index in [9.17, 15) is 9.59 Å². The van der Waals surface area contributed by atoms with Crippen molar-refractivity contribution in [3.05, 3.63) is 28.2 Å². The van der Waals surface area contributed by atoms with Gasteiger partial charge in [-0.15, -0.1) is 0 Å². The molecule has 1 rings (SSSR count). The molecule has 0 aromatic heterocycles. The van der Waals surface area contributed by atoms with Crippen molar-refractivity contribution >= 4 is 40.7 Å². The van der Waals surface area contributed by atoms with E-state index < -0.39 is 0 Å². The number of nitrogens with zero attached hydrogens (tertiary/aromatic N) is 2. The van der Waals surface area contributed by atoms with E-state index >= 15 is 0 Å². The Morgan fingerprint density at radius 1 is 1.12 bits per heavy atom. The second-order valence-electron chi connectivity index (χ2n) is 5.68. The lowest BCUT2D eigenvalue weighted by atomic mass is 10.3. The van der Waals surface area contributed by atoms with Crippen LogP contribution in [0.2, 0.25) is 10.0 Å². The number of hydrogen-bond acceptors (Lipinski definition) is 3. The molecule has 134 valence electrons. The molecule has 1 aromatic rings. The molecule has 0 spiro atoms. The maximum atomic E-state index is 12.2. The van der Waals surface area contributed by atoms with Crippen LogP contribution in [0, 0.1) is 0 Å². The predicted molar refractivity (Wildman–Crippen MR) is 99.8 cm³/mol. The van der Waals surface area contributed by atoms with E-state index in [1.807, 2.05) is 11.8 Å². The molecule has 0 unspecified atom stereocenters. The Morgan fingerprint density at radius 2 is 1.83 bits per heavy atom.